The standard InChI is InChI=1S/C16H16BrNO4S/c1-21-16-7-6-11(10-13(16)17)23(19,20)18-14-8-9-22-15-5-3-2-4-12(14)15/h2-7,10,14,18H,8-9H2,1H3. The number of halogens is 1. The van der Waals surface area contributed by atoms with Crippen molar-refractivity contribution in [2.24, 2.45) is 0 Å². The number of rotatable bonds is 4. The molecule has 0 spiro atoms. The Morgan fingerprint density at radius 3 is 2.78 bits per heavy atom. The maximum Gasteiger partial charge on any atom is 0.241 e. The molecule has 0 saturated heterocycles. The molecule has 5 nitrogen and oxygen atoms in total. The first-order valence-corrected chi connectivity index (χ1v) is 9.36. The van der Waals surface area contributed by atoms with E-state index in [1.54, 1.807) is 6.07 Å². The highest BCUT2D eigenvalue weighted by Crippen LogP contribution is 2.33. The lowest BCUT2D eigenvalue weighted by atomic mass is 10.0. The van der Waals surface area contributed by atoms with Crippen LogP contribution in [0.25, 0.3) is 0 Å². The monoisotopic (exact) mass is 397 g/mol. The van der Waals surface area contributed by atoms with Crippen LogP contribution in [-0.2, 0) is 10.0 Å². The Kier molecular flexibility index (Phi) is 4.61. The molecule has 0 aliphatic carbocycles. The zero-order valence-electron chi connectivity index (χ0n) is 12.5. The lowest BCUT2D eigenvalue weighted by Crippen LogP contribution is -2.32. The smallest absolute Gasteiger partial charge is 0.241 e. The molecule has 1 atom stereocenters. The van der Waals surface area contributed by atoms with Crippen LogP contribution >= 0.6 is 15.9 Å². The fraction of sp³-hybridized carbons (Fsp3) is 0.250. The number of ether oxygens (including phenoxy) is 2. The summed E-state index contributed by atoms with van der Waals surface area (Å²) < 4.78 is 39.3. The lowest BCUT2D eigenvalue weighted by molar-refractivity contribution is 0.263. The van der Waals surface area contributed by atoms with Gasteiger partial charge in [0.05, 0.1) is 29.1 Å². The molecule has 0 saturated carbocycles. The SMILES string of the molecule is COc1ccc(S(=O)(=O)NC2CCOc3ccccc32)cc1Br. The first kappa shape index (κ1) is 16.3. The molecule has 1 N–H and O–H groups in total. The number of hydrogen-bond acceptors (Lipinski definition) is 4. The second-order valence-corrected chi connectivity index (χ2v) is 7.71. The Hall–Kier alpha value is -1.57. The van der Waals surface area contributed by atoms with Gasteiger partial charge in [0.2, 0.25) is 10.0 Å². The molecule has 2 aromatic rings. The van der Waals surface area contributed by atoms with E-state index in [2.05, 4.69) is 20.7 Å². The van der Waals surface area contributed by atoms with Crippen LogP contribution in [0, 0.1) is 0 Å². The molecule has 1 heterocycles. The van der Waals surface area contributed by atoms with Gasteiger partial charge in [-0.05, 0) is 40.2 Å². The average Bonchev–Trinajstić information content (AvgIpc) is 2.55. The summed E-state index contributed by atoms with van der Waals surface area (Å²) >= 11 is 3.31. The summed E-state index contributed by atoms with van der Waals surface area (Å²) in [5, 5.41) is 0. The van der Waals surface area contributed by atoms with Gasteiger partial charge in [-0.15, -0.1) is 0 Å². The summed E-state index contributed by atoms with van der Waals surface area (Å²) in [6, 6.07) is 11.9. The molecule has 1 aliphatic rings. The maximum atomic E-state index is 12.6. The quantitative estimate of drug-likeness (QED) is 0.859. The van der Waals surface area contributed by atoms with Crippen LogP contribution < -0.4 is 14.2 Å². The highest BCUT2D eigenvalue weighted by molar-refractivity contribution is 9.10. The van der Waals surface area contributed by atoms with Crippen LogP contribution in [0.3, 0.4) is 0 Å². The zero-order valence-corrected chi connectivity index (χ0v) is 14.9. The van der Waals surface area contributed by atoms with Gasteiger partial charge in [-0.25, -0.2) is 13.1 Å². The third kappa shape index (κ3) is 3.36. The molecule has 0 fully saturated rings. The van der Waals surface area contributed by atoms with Gasteiger partial charge in [0, 0.05) is 12.0 Å². The molecule has 122 valence electrons. The van der Waals surface area contributed by atoms with Gasteiger partial charge in [0.15, 0.2) is 0 Å². The minimum absolute atomic E-state index is 0.189. The Balaban J connectivity index is 1.89. The minimum Gasteiger partial charge on any atom is -0.496 e. The van der Waals surface area contributed by atoms with Crippen molar-refractivity contribution < 1.29 is 17.9 Å². The lowest BCUT2D eigenvalue weighted by Gasteiger charge is -2.26. The summed E-state index contributed by atoms with van der Waals surface area (Å²) in [4.78, 5) is 0.189. The summed E-state index contributed by atoms with van der Waals surface area (Å²) in [5.41, 5.74) is 0.856. The largest absolute Gasteiger partial charge is 0.496 e. The molecule has 3 rings (SSSR count). The normalized spacial score (nSPS) is 17.2. The first-order chi connectivity index (χ1) is 11.0. The van der Waals surface area contributed by atoms with Crippen molar-refractivity contribution in [2.45, 2.75) is 17.4 Å². The maximum absolute atomic E-state index is 12.6. The number of methoxy groups -OCH3 is 1. The fourth-order valence-electron chi connectivity index (χ4n) is 2.53. The summed E-state index contributed by atoms with van der Waals surface area (Å²) in [5.74, 6) is 1.31. The minimum atomic E-state index is -3.64. The molecular weight excluding hydrogens is 382 g/mol. The molecule has 1 unspecified atom stereocenters. The van der Waals surface area contributed by atoms with E-state index >= 15 is 0 Å². The van der Waals surface area contributed by atoms with E-state index in [9.17, 15) is 8.42 Å². The van der Waals surface area contributed by atoms with Gasteiger partial charge in [0.25, 0.3) is 0 Å². The van der Waals surface area contributed by atoms with E-state index in [1.807, 2.05) is 24.3 Å². The van der Waals surface area contributed by atoms with Crippen molar-refractivity contribution in [1.82, 2.24) is 4.72 Å². The van der Waals surface area contributed by atoms with E-state index in [-0.39, 0.29) is 10.9 Å². The number of para-hydroxylation sites is 1. The van der Waals surface area contributed by atoms with Crippen LogP contribution in [0.1, 0.15) is 18.0 Å². The number of benzene rings is 2. The molecule has 7 heteroatoms. The van der Waals surface area contributed by atoms with Crippen LogP contribution in [0.2, 0.25) is 0 Å². The van der Waals surface area contributed by atoms with E-state index < -0.39 is 10.0 Å². The van der Waals surface area contributed by atoms with Gasteiger partial charge < -0.3 is 9.47 Å². The van der Waals surface area contributed by atoms with Gasteiger partial charge in [0.1, 0.15) is 11.5 Å². The highest BCUT2D eigenvalue weighted by Gasteiger charge is 2.26. The van der Waals surface area contributed by atoms with Gasteiger partial charge in [-0.2, -0.15) is 0 Å². The van der Waals surface area contributed by atoms with E-state index in [4.69, 9.17) is 9.47 Å². The van der Waals surface area contributed by atoms with Gasteiger partial charge >= 0.3 is 0 Å². The predicted octanol–water partition coefficient (Wildman–Crippen LogP) is 3.26. The van der Waals surface area contributed by atoms with Crippen LogP contribution in [0.15, 0.2) is 51.8 Å². The Morgan fingerprint density at radius 2 is 2.04 bits per heavy atom. The topological polar surface area (TPSA) is 64.6 Å². The van der Waals surface area contributed by atoms with Gasteiger partial charge in [-0.3, -0.25) is 0 Å². The molecule has 23 heavy (non-hydrogen) atoms. The van der Waals surface area contributed by atoms with Gasteiger partial charge in [-0.1, -0.05) is 18.2 Å². The number of fused-ring (bicyclic) bond motifs is 1. The van der Waals surface area contributed by atoms with Crippen molar-refractivity contribution in [2.75, 3.05) is 13.7 Å². The number of sulfonamides is 1. The van der Waals surface area contributed by atoms with Crippen LogP contribution in [0.4, 0.5) is 0 Å². The molecule has 0 bridgehead atoms. The van der Waals surface area contributed by atoms with Crippen LogP contribution in [0.5, 0.6) is 11.5 Å². The fourth-order valence-corrected chi connectivity index (χ4v) is 4.50. The van der Waals surface area contributed by atoms with Crippen LogP contribution in [-0.4, -0.2) is 22.1 Å². The first-order valence-electron chi connectivity index (χ1n) is 7.09. The average molecular weight is 398 g/mol. The molecule has 0 radical (unpaired) electrons. The van der Waals surface area contributed by atoms with Crippen molar-refractivity contribution in [3.05, 3.63) is 52.5 Å². The Bertz CT molecular complexity index is 823. The summed E-state index contributed by atoms with van der Waals surface area (Å²) in [6.45, 7) is 0.483. The zero-order chi connectivity index (χ0) is 16.4. The molecule has 0 aromatic heterocycles. The predicted molar refractivity (Wildman–Crippen MR) is 90.3 cm³/mol. The highest BCUT2D eigenvalue weighted by atomic mass is 79.9. The Labute approximate surface area is 143 Å². The van der Waals surface area contributed by atoms with Crippen molar-refractivity contribution in [1.29, 1.82) is 0 Å². The molecular formula is C16H16BrNO4S. The Morgan fingerprint density at radius 1 is 1.26 bits per heavy atom. The third-order valence-corrected chi connectivity index (χ3v) is 5.78. The second-order valence-electron chi connectivity index (χ2n) is 5.15. The third-order valence-electron chi connectivity index (χ3n) is 3.69. The summed E-state index contributed by atoms with van der Waals surface area (Å²) in [6.07, 6.45) is 0.591. The number of hydrogen-bond donors (Lipinski definition) is 1. The number of nitrogens with one attached hydrogen (secondary N) is 1. The van der Waals surface area contributed by atoms with Crippen molar-refractivity contribution in [3.63, 3.8) is 0 Å². The van der Waals surface area contributed by atoms with E-state index in [1.165, 1.54) is 19.2 Å². The second kappa shape index (κ2) is 6.51. The van der Waals surface area contributed by atoms with Crippen molar-refractivity contribution >= 4 is 26.0 Å². The molecule has 2 aromatic carbocycles. The van der Waals surface area contributed by atoms with Crippen molar-refractivity contribution in [3.8, 4) is 11.5 Å². The van der Waals surface area contributed by atoms with E-state index in [0.29, 0.717) is 23.2 Å². The molecule has 0 amide bonds. The molecule has 1 aliphatic heterocycles. The van der Waals surface area contributed by atoms with E-state index in [0.717, 1.165) is 11.3 Å². The summed E-state index contributed by atoms with van der Waals surface area (Å²) in [7, 11) is -2.11.